The highest BCUT2D eigenvalue weighted by molar-refractivity contribution is 6.35. The fourth-order valence-corrected chi connectivity index (χ4v) is 12.6. The van der Waals surface area contributed by atoms with Gasteiger partial charge in [-0.25, -0.2) is 0 Å². The maximum absolute atomic E-state index is 13.9. The normalized spacial score (nSPS) is 26.6. The lowest BCUT2D eigenvalue weighted by atomic mass is 9.73. The van der Waals surface area contributed by atoms with Crippen LogP contribution in [-0.4, -0.2) is 98.7 Å². The Bertz CT molecular complexity index is 2580. The molecule has 1 aromatic heterocycles. The van der Waals surface area contributed by atoms with E-state index in [2.05, 4.69) is 62.8 Å². The Labute approximate surface area is 366 Å². The topological polar surface area (TPSA) is 137 Å². The number of aliphatic hydroxyl groups excluding tert-OH is 1. The van der Waals surface area contributed by atoms with Crippen LogP contribution in [0.15, 0.2) is 53.3 Å². The molecule has 4 fully saturated rings. The predicted molar refractivity (Wildman–Crippen MR) is 235 cm³/mol. The van der Waals surface area contributed by atoms with E-state index in [1.54, 1.807) is 11.0 Å². The summed E-state index contributed by atoms with van der Waals surface area (Å²) in [6, 6.07) is 15.9. The van der Waals surface area contributed by atoms with Gasteiger partial charge >= 0.3 is 0 Å². The number of nitrogens with one attached hydrogen (secondary N) is 1. The zero-order valence-corrected chi connectivity index (χ0v) is 36.4. The summed E-state index contributed by atoms with van der Waals surface area (Å²) in [7, 11) is 0. The molecule has 1 saturated carbocycles. The molecule has 12 nitrogen and oxygen atoms in total. The van der Waals surface area contributed by atoms with Crippen LogP contribution in [0.4, 0.5) is 0 Å². The van der Waals surface area contributed by atoms with Crippen molar-refractivity contribution in [3.63, 3.8) is 0 Å². The zero-order valence-electron chi connectivity index (χ0n) is 35.6. The highest BCUT2D eigenvalue weighted by Gasteiger charge is 2.48. The maximum atomic E-state index is 13.9. The number of aliphatic hydroxyl groups is 1. The first-order valence-corrected chi connectivity index (χ1v) is 23.2. The number of benzene rings is 3. The minimum atomic E-state index is -1.06. The maximum Gasteiger partial charge on any atom is 0.282 e. The number of carbonyl (C=O) groups excluding carboxylic acids is 3. The Hall–Kier alpha value is -4.78. The second-order valence-electron chi connectivity index (χ2n) is 19.8. The Morgan fingerprint density at radius 1 is 0.935 bits per heavy atom. The number of nitrogens with zero attached hydrogens (tertiary/aromatic N) is 5. The lowest BCUT2D eigenvalue weighted by molar-refractivity contribution is -0.138. The Morgan fingerprint density at radius 2 is 1.71 bits per heavy atom. The number of rotatable bonds is 5. The lowest BCUT2D eigenvalue weighted by Crippen LogP contribution is -2.55. The molecule has 0 bridgehead atoms. The number of fused-ring (bicyclic) bond motifs is 9. The van der Waals surface area contributed by atoms with Crippen LogP contribution in [-0.2, 0) is 27.0 Å². The molecule has 0 radical (unpaired) electrons. The van der Waals surface area contributed by atoms with E-state index < -0.39 is 17.7 Å². The van der Waals surface area contributed by atoms with Gasteiger partial charge in [0.05, 0.1) is 46.2 Å². The highest BCUT2D eigenvalue weighted by atomic mass is 35.5. The summed E-state index contributed by atoms with van der Waals surface area (Å²) in [4.78, 5) is 63.2. The van der Waals surface area contributed by atoms with Gasteiger partial charge in [-0.15, -0.1) is 0 Å². The monoisotopic (exact) mass is 858 g/mol. The van der Waals surface area contributed by atoms with Crippen molar-refractivity contribution >= 4 is 40.2 Å². The number of carbonyl (C=O) groups is 3. The second-order valence-corrected chi connectivity index (χ2v) is 20.2. The lowest BCUT2D eigenvalue weighted by Gasteiger charge is -2.41. The quantitative estimate of drug-likeness (QED) is 0.243. The van der Waals surface area contributed by atoms with Crippen LogP contribution in [0.5, 0.6) is 5.75 Å². The van der Waals surface area contributed by atoms with Crippen molar-refractivity contribution in [2.75, 3.05) is 39.3 Å². The highest BCUT2D eigenvalue weighted by Crippen LogP contribution is 2.50. The molecule has 6 aliphatic heterocycles. The summed E-state index contributed by atoms with van der Waals surface area (Å²) in [5, 5.41) is 14.0. The fraction of sp³-hybridized carbons (Fsp3) is 0.531. The number of hydrogen-bond donors (Lipinski definition) is 2. The molecule has 1 unspecified atom stereocenters. The molecule has 324 valence electrons. The van der Waals surface area contributed by atoms with E-state index in [0.717, 1.165) is 118 Å². The van der Waals surface area contributed by atoms with E-state index in [9.17, 15) is 24.3 Å². The van der Waals surface area contributed by atoms with Crippen LogP contribution in [0.3, 0.4) is 0 Å². The molecular formula is C49H55ClN6O6. The standard InChI is InChI=1S/C49H55ClN6O6/c1-48(2)35-24-31(10-13-37(35)56-38-5-3-4-36(50)41(38)44(59)52-47(48)56)29-16-20-54(21-17-29)45(60)30-8-6-28(7-9-30)25-53-22-18-49(19-23-53)27-62-42-33-26-55(39-14-15-40(57)51-43(39)58)46(61)32(33)11-12-34(42)49/h3-5,10-13,24,28-30,39,43,58H,6-9,14-23,25-27H2,1-2H3,(H,51,57)/t28?,30?,39-,43?/m0/s1. The number of halogens is 1. The molecule has 1 aliphatic carbocycles. The molecule has 7 heterocycles. The molecule has 3 amide bonds. The molecule has 4 aromatic rings. The van der Waals surface area contributed by atoms with Crippen LogP contribution < -0.4 is 15.6 Å². The van der Waals surface area contributed by atoms with Gasteiger partial charge < -0.3 is 29.9 Å². The summed E-state index contributed by atoms with van der Waals surface area (Å²) in [6.07, 6.45) is 7.69. The predicted octanol–water partition coefficient (Wildman–Crippen LogP) is 6.17. The SMILES string of the molecule is CC1(C)c2cc(C3CCN(C(=O)C4CCC(CN5CCC6(CC5)COc5c6ccc6c5CN([C@H]5CCC(=O)NC5O)C6=O)CC4)CC3)ccc2-n2c1nc(=O)c1c(Cl)cccc12. The molecule has 7 aliphatic rings. The summed E-state index contributed by atoms with van der Waals surface area (Å²) in [6.45, 7) is 9.95. The Balaban J connectivity index is 0.669. The number of aromatic nitrogens is 2. The van der Waals surface area contributed by atoms with Crippen molar-refractivity contribution in [3.8, 4) is 11.4 Å². The van der Waals surface area contributed by atoms with Gasteiger partial charge in [-0.1, -0.05) is 35.9 Å². The van der Waals surface area contributed by atoms with Crippen molar-refractivity contribution in [3.05, 3.63) is 97.5 Å². The van der Waals surface area contributed by atoms with Crippen LogP contribution in [0, 0.1) is 11.8 Å². The van der Waals surface area contributed by atoms with E-state index >= 15 is 0 Å². The summed E-state index contributed by atoms with van der Waals surface area (Å²) >= 11 is 6.48. The molecule has 13 heteroatoms. The fourth-order valence-electron chi connectivity index (χ4n) is 12.4. The van der Waals surface area contributed by atoms with Gasteiger partial charge in [-0.05, 0) is 132 Å². The van der Waals surface area contributed by atoms with Gasteiger partial charge in [0, 0.05) is 54.1 Å². The third-order valence-electron chi connectivity index (χ3n) is 16.0. The third kappa shape index (κ3) is 6.32. The van der Waals surface area contributed by atoms with Crippen LogP contribution in [0.2, 0.25) is 5.02 Å². The first kappa shape index (κ1) is 40.0. The second kappa shape index (κ2) is 14.9. The third-order valence-corrected chi connectivity index (χ3v) is 16.4. The molecule has 2 N–H and O–H groups in total. The molecule has 3 aromatic carbocycles. The van der Waals surface area contributed by atoms with Crippen LogP contribution in [0.1, 0.15) is 122 Å². The zero-order chi connectivity index (χ0) is 42.7. The minimum absolute atomic E-state index is 0.0555. The summed E-state index contributed by atoms with van der Waals surface area (Å²) in [5.41, 5.74) is 6.27. The van der Waals surface area contributed by atoms with Gasteiger partial charge in [0.1, 0.15) is 17.8 Å². The number of piperidine rings is 3. The summed E-state index contributed by atoms with van der Waals surface area (Å²) < 4.78 is 8.53. The van der Waals surface area contributed by atoms with Crippen molar-refractivity contribution in [1.29, 1.82) is 0 Å². The molecule has 3 saturated heterocycles. The van der Waals surface area contributed by atoms with Gasteiger partial charge in [0.2, 0.25) is 11.8 Å². The minimum Gasteiger partial charge on any atom is -0.492 e. The first-order valence-electron chi connectivity index (χ1n) is 22.9. The van der Waals surface area contributed by atoms with Crippen molar-refractivity contribution in [2.45, 2.75) is 114 Å². The van der Waals surface area contributed by atoms with E-state index in [-0.39, 0.29) is 28.7 Å². The number of ether oxygens (including phenoxy) is 1. The molecule has 11 rings (SSSR count). The first-order chi connectivity index (χ1) is 29.9. The van der Waals surface area contributed by atoms with Gasteiger partial charge in [-0.2, -0.15) is 4.98 Å². The van der Waals surface area contributed by atoms with E-state index in [1.165, 1.54) is 11.1 Å². The van der Waals surface area contributed by atoms with Crippen LogP contribution >= 0.6 is 11.6 Å². The molecule has 2 atom stereocenters. The number of hydrogen-bond acceptors (Lipinski definition) is 8. The van der Waals surface area contributed by atoms with E-state index in [0.29, 0.717) is 59.7 Å². The summed E-state index contributed by atoms with van der Waals surface area (Å²) in [5.74, 6) is 2.72. The molecule has 1 spiro atoms. The average molecular weight is 859 g/mol. The Morgan fingerprint density at radius 3 is 2.47 bits per heavy atom. The van der Waals surface area contributed by atoms with Crippen molar-refractivity contribution in [2.24, 2.45) is 11.8 Å². The molecule has 62 heavy (non-hydrogen) atoms. The van der Waals surface area contributed by atoms with Gasteiger partial charge in [0.15, 0.2) is 0 Å². The van der Waals surface area contributed by atoms with Crippen LogP contribution in [0.25, 0.3) is 16.6 Å². The van der Waals surface area contributed by atoms with Crippen molar-refractivity contribution in [1.82, 2.24) is 29.6 Å². The van der Waals surface area contributed by atoms with E-state index in [4.69, 9.17) is 16.3 Å². The van der Waals surface area contributed by atoms with E-state index in [1.807, 2.05) is 18.2 Å². The van der Waals surface area contributed by atoms with Crippen molar-refractivity contribution < 1.29 is 24.2 Å². The van der Waals surface area contributed by atoms with Gasteiger partial charge in [0.25, 0.3) is 11.5 Å². The Kier molecular flexibility index (Phi) is 9.63. The molecular weight excluding hydrogens is 804 g/mol. The average Bonchev–Trinajstić information content (AvgIpc) is 3.88. The van der Waals surface area contributed by atoms with Gasteiger partial charge in [-0.3, -0.25) is 23.7 Å². The smallest absolute Gasteiger partial charge is 0.282 e. The number of amides is 3. The largest absolute Gasteiger partial charge is 0.492 e. The number of likely N-dealkylation sites (tertiary alicyclic amines) is 2.